The van der Waals surface area contributed by atoms with Gasteiger partial charge in [-0.25, -0.2) is 0 Å². The fraction of sp³-hybridized carbons (Fsp3) is 0.368. The third-order valence-corrected chi connectivity index (χ3v) is 5.26. The van der Waals surface area contributed by atoms with E-state index in [2.05, 4.69) is 76.7 Å². The van der Waals surface area contributed by atoms with Gasteiger partial charge in [0.25, 0.3) is 0 Å². The number of hydrogen-bond acceptors (Lipinski definition) is 1. The number of halogens is 1. The van der Waals surface area contributed by atoms with Gasteiger partial charge in [0, 0.05) is 17.1 Å². The van der Waals surface area contributed by atoms with E-state index in [1.807, 2.05) is 0 Å². The van der Waals surface area contributed by atoms with Gasteiger partial charge in [-0.2, -0.15) is 0 Å². The van der Waals surface area contributed by atoms with Crippen LogP contribution in [0.1, 0.15) is 48.4 Å². The van der Waals surface area contributed by atoms with E-state index in [4.69, 9.17) is 0 Å². The van der Waals surface area contributed by atoms with Gasteiger partial charge in [0.2, 0.25) is 0 Å². The third kappa shape index (κ3) is 3.38. The van der Waals surface area contributed by atoms with E-state index >= 15 is 0 Å². The Morgan fingerprint density at radius 2 is 1.90 bits per heavy atom. The smallest absolute Gasteiger partial charge is 0.0303 e. The van der Waals surface area contributed by atoms with Crippen LogP contribution in [0.3, 0.4) is 0 Å². The molecular formula is C19H22BrN. The van der Waals surface area contributed by atoms with Gasteiger partial charge in [-0.05, 0) is 54.9 Å². The van der Waals surface area contributed by atoms with E-state index in [-0.39, 0.29) is 0 Å². The van der Waals surface area contributed by atoms with Crippen LogP contribution in [0.25, 0.3) is 0 Å². The molecule has 21 heavy (non-hydrogen) atoms. The average molecular weight is 344 g/mol. The Balaban J connectivity index is 1.67. The first-order chi connectivity index (χ1) is 10.3. The molecule has 2 aromatic rings. The number of hydrogen-bond donors (Lipinski definition) is 1. The first-order valence-electron chi connectivity index (χ1n) is 7.81. The summed E-state index contributed by atoms with van der Waals surface area (Å²) < 4.78 is 1.19. The predicted molar refractivity (Wildman–Crippen MR) is 92.7 cm³/mol. The topological polar surface area (TPSA) is 12.0 Å². The van der Waals surface area contributed by atoms with Crippen molar-refractivity contribution in [1.82, 2.24) is 5.32 Å². The van der Waals surface area contributed by atoms with Gasteiger partial charge in [0.15, 0.2) is 0 Å². The van der Waals surface area contributed by atoms with E-state index in [9.17, 15) is 0 Å². The first-order valence-corrected chi connectivity index (χ1v) is 8.60. The SMILES string of the molecule is C[C@H](NCC1CCCc2ccccc21)c1ccccc1Br. The number of aryl methyl sites for hydroxylation is 1. The molecule has 0 bridgehead atoms. The van der Waals surface area contributed by atoms with Gasteiger partial charge in [0.1, 0.15) is 0 Å². The zero-order valence-corrected chi connectivity index (χ0v) is 14.1. The number of nitrogens with one attached hydrogen (secondary N) is 1. The van der Waals surface area contributed by atoms with Crippen LogP contribution in [0.2, 0.25) is 0 Å². The number of rotatable bonds is 4. The van der Waals surface area contributed by atoms with Crippen LogP contribution in [0, 0.1) is 0 Å². The molecule has 0 aromatic heterocycles. The molecule has 0 heterocycles. The molecule has 3 rings (SSSR count). The molecule has 1 unspecified atom stereocenters. The normalized spacial score (nSPS) is 19.0. The zero-order valence-electron chi connectivity index (χ0n) is 12.5. The Bertz CT molecular complexity index is 608. The van der Waals surface area contributed by atoms with Crippen molar-refractivity contribution in [2.24, 2.45) is 0 Å². The maximum atomic E-state index is 3.72. The molecule has 0 radical (unpaired) electrons. The average Bonchev–Trinajstić information content (AvgIpc) is 2.53. The highest BCUT2D eigenvalue weighted by Gasteiger charge is 2.20. The molecule has 0 spiro atoms. The summed E-state index contributed by atoms with van der Waals surface area (Å²) in [6.07, 6.45) is 3.85. The van der Waals surface area contributed by atoms with E-state index < -0.39 is 0 Å². The molecule has 2 aromatic carbocycles. The monoisotopic (exact) mass is 343 g/mol. The number of fused-ring (bicyclic) bond motifs is 1. The lowest BCUT2D eigenvalue weighted by atomic mass is 9.82. The van der Waals surface area contributed by atoms with E-state index in [0.717, 1.165) is 6.54 Å². The Hall–Kier alpha value is -1.12. The van der Waals surface area contributed by atoms with Gasteiger partial charge in [0.05, 0.1) is 0 Å². The maximum absolute atomic E-state index is 3.72. The second-order valence-electron chi connectivity index (χ2n) is 5.94. The van der Waals surface area contributed by atoms with Crippen molar-refractivity contribution in [1.29, 1.82) is 0 Å². The van der Waals surface area contributed by atoms with E-state index in [1.54, 1.807) is 11.1 Å². The minimum atomic E-state index is 0.370. The quantitative estimate of drug-likeness (QED) is 0.802. The fourth-order valence-corrected chi connectivity index (χ4v) is 3.95. The van der Waals surface area contributed by atoms with Gasteiger partial charge in [-0.15, -0.1) is 0 Å². The summed E-state index contributed by atoms with van der Waals surface area (Å²) in [5.74, 6) is 0.653. The molecule has 1 N–H and O–H groups in total. The molecule has 0 aliphatic heterocycles. The van der Waals surface area contributed by atoms with Crippen molar-refractivity contribution in [2.45, 2.75) is 38.1 Å². The third-order valence-electron chi connectivity index (χ3n) is 4.54. The highest BCUT2D eigenvalue weighted by atomic mass is 79.9. The second-order valence-corrected chi connectivity index (χ2v) is 6.79. The summed E-state index contributed by atoms with van der Waals surface area (Å²) in [5.41, 5.74) is 4.43. The minimum absolute atomic E-state index is 0.370. The van der Waals surface area contributed by atoms with E-state index in [0.29, 0.717) is 12.0 Å². The molecule has 0 saturated carbocycles. The van der Waals surface area contributed by atoms with Crippen molar-refractivity contribution >= 4 is 15.9 Å². The maximum Gasteiger partial charge on any atom is 0.0303 e. The summed E-state index contributed by atoms with van der Waals surface area (Å²) in [5, 5.41) is 3.72. The van der Waals surface area contributed by atoms with Gasteiger partial charge in [-0.3, -0.25) is 0 Å². The standard InChI is InChI=1S/C19H22BrN/c1-14(17-10-4-5-12-19(17)20)21-13-16-9-6-8-15-7-2-3-11-18(15)16/h2-5,7,10-12,14,16,21H,6,8-9,13H2,1H3/t14-,16?/m0/s1. The molecule has 0 saturated heterocycles. The molecule has 2 heteroatoms. The molecular weight excluding hydrogens is 322 g/mol. The van der Waals surface area contributed by atoms with Crippen molar-refractivity contribution in [3.8, 4) is 0 Å². The van der Waals surface area contributed by atoms with Gasteiger partial charge < -0.3 is 5.32 Å². The molecule has 0 fully saturated rings. The Labute approximate surface area is 135 Å². The van der Waals surface area contributed by atoms with Crippen LogP contribution in [0.5, 0.6) is 0 Å². The highest BCUT2D eigenvalue weighted by Crippen LogP contribution is 2.31. The summed E-state index contributed by atoms with van der Waals surface area (Å²) in [4.78, 5) is 0. The molecule has 1 nitrogen and oxygen atoms in total. The summed E-state index contributed by atoms with van der Waals surface area (Å²) in [6, 6.07) is 17.8. The van der Waals surface area contributed by atoms with Crippen LogP contribution in [0.4, 0.5) is 0 Å². The summed E-state index contributed by atoms with van der Waals surface area (Å²) in [7, 11) is 0. The Kier molecular flexibility index (Phi) is 4.77. The van der Waals surface area contributed by atoms with Crippen molar-refractivity contribution in [3.63, 3.8) is 0 Å². The first kappa shape index (κ1) is 14.8. The van der Waals surface area contributed by atoms with Crippen LogP contribution in [0.15, 0.2) is 53.0 Å². The summed E-state index contributed by atoms with van der Waals surface area (Å²) >= 11 is 3.65. The lowest BCUT2D eigenvalue weighted by Crippen LogP contribution is -2.27. The van der Waals surface area contributed by atoms with E-state index in [1.165, 1.54) is 29.3 Å². The second kappa shape index (κ2) is 6.76. The Morgan fingerprint density at radius 3 is 2.76 bits per heavy atom. The zero-order chi connectivity index (χ0) is 14.7. The largest absolute Gasteiger partial charge is 0.310 e. The molecule has 1 aliphatic rings. The van der Waals surface area contributed by atoms with Crippen molar-refractivity contribution < 1.29 is 0 Å². The van der Waals surface area contributed by atoms with Crippen LogP contribution in [-0.4, -0.2) is 6.54 Å². The van der Waals surface area contributed by atoms with Crippen molar-refractivity contribution in [3.05, 3.63) is 69.7 Å². The lowest BCUT2D eigenvalue weighted by Gasteiger charge is -2.27. The predicted octanol–water partition coefficient (Wildman–Crippen LogP) is 5.22. The highest BCUT2D eigenvalue weighted by molar-refractivity contribution is 9.10. The van der Waals surface area contributed by atoms with Crippen LogP contribution < -0.4 is 5.32 Å². The molecule has 2 atom stereocenters. The molecule has 0 amide bonds. The van der Waals surface area contributed by atoms with Gasteiger partial charge >= 0.3 is 0 Å². The van der Waals surface area contributed by atoms with Gasteiger partial charge in [-0.1, -0.05) is 58.4 Å². The summed E-state index contributed by atoms with van der Waals surface area (Å²) in [6.45, 7) is 3.30. The molecule has 110 valence electrons. The fourth-order valence-electron chi connectivity index (χ4n) is 3.32. The Morgan fingerprint density at radius 1 is 1.14 bits per heavy atom. The lowest BCUT2D eigenvalue weighted by molar-refractivity contribution is 0.472. The van der Waals surface area contributed by atoms with Crippen LogP contribution >= 0.6 is 15.9 Å². The number of benzene rings is 2. The minimum Gasteiger partial charge on any atom is -0.310 e. The van der Waals surface area contributed by atoms with Crippen molar-refractivity contribution in [2.75, 3.05) is 6.54 Å². The molecule has 1 aliphatic carbocycles. The van der Waals surface area contributed by atoms with Crippen LogP contribution in [-0.2, 0) is 6.42 Å².